The van der Waals surface area contributed by atoms with Crippen LogP contribution in [0, 0.1) is 25.2 Å². The van der Waals surface area contributed by atoms with Crippen molar-refractivity contribution >= 4 is 0 Å². The normalized spacial score (nSPS) is 11.9. The second-order valence-electron chi connectivity index (χ2n) is 4.71. The van der Waals surface area contributed by atoms with E-state index in [2.05, 4.69) is 35.1 Å². The summed E-state index contributed by atoms with van der Waals surface area (Å²) in [6.07, 6.45) is 0.729. The fraction of sp³-hybridized carbons (Fsp3) is 0.312. The summed E-state index contributed by atoms with van der Waals surface area (Å²) in [4.78, 5) is 8.94. The zero-order valence-corrected chi connectivity index (χ0v) is 11.5. The average Bonchev–Trinajstić information content (AvgIpc) is 2.39. The lowest BCUT2D eigenvalue weighted by Gasteiger charge is -2.09. The highest BCUT2D eigenvalue weighted by Gasteiger charge is 2.13. The van der Waals surface area contributed by atoms with Gasteiger partial charge in [-0.3, -0.25) is 0 Å². The molecule has 2 rings (SSSR count). The van der Waals surface area contributed by atoms with Gasteiger partial charge in [0.1, 0.15) is 11.7 Å². The number of benzene rings is 1. The Balaban J connectivity index is 2.51. The monoisotopic (exact) mass is 251 g/mol. The molecule has 0 aliphatic heterocycles. The van der Waals surface area contributed by atoms with Crippen molar-refractivity contribution in [3.05, 3.63) is 47.4 Å². The smallest absolute Gasteiger partial charge is 0.146 e. The van der Waals surface area contributed by atoms with E-state index in [9.17, 15) is 0 Å². The fourth-order valence-electron chi connectivity index (χ4n) is 2.03. The van der Waals surface area contributed by atoms with Gasteiger partial charge in [0, 0.05) is 11.3 Å². The summed E-state index contributed by atoms with van der Waals surface area (Å²) in [5.74, 6) is 0.393. The van der Waals surface area contributed by atoms with Crippen molar-refractivity contribution in [2.45, 2.75) is 33.1 Å². The van der Waals surface area contributed by atoms with Crippen LogP contribution in [0.2, 0.25) is 0 Å². The van der Waals surface area contributed by atoms with Crippen LogP contribution in [-0.4, -0.2) is 9.97 Å². The predicted molar refractivity (Wildman–Crippen MR) is 75.6 cm³/mol. The van der Waals surface area contributed by atoms with E-state index in [1.807, 2.05) is 32.0 Å². The zero-order valence-electron chi connectivity index (χ0n) is 11.5. The lowest BCUT2D eigenvalue weighted by Crippen LogP contribution is -2.04. The average molecular weight is 251 g/mol. The van der Waals surface area contributed by atoms with E-state index in [1.165, 1.54) is 5.56 Å². The van der Waals surface area contributed by atoms with Crippen LogP contribution in [0.4, 0.5) is 0 Å². The van der Waals surface area contributed by atoms with Gasteiger partial charge in [-0.25, -0.2) is 9.97 Å². The highest BCUT2D eigenvalue weighted by atomic mass is 14.9. The largest absolute Gasteiger partial charge is 0.237 e. The molecule has 3 heteroatoms. The van der Waals surface area contributed by atoms with Crippen molar-refractivity contribution < 1.29 is 0 Å². The van der Waals surface area contributed by atoms with Crippen molar-refractivity contribution in [3.63, 3.8) is 0 Å². The summed E-state index contributed by atoms with van der Waals surface area (Å²) in [7, 11) is 0. The van der Waals surface area contributed by atoms with Gasteiger partial charge >= 0.3 is 0 Å². The molecule has 19 heavy (non-hydrogen) atoms. The molecular weight excluding hydrogens is 234 g/mol. The number of nitrogens with zero attached hydrogens (tertiary/aromatic N) is 3. The van der Waals surface area contributed by atoms with Crippen molar-refractivity contribution in [1.82, 2.24) is 9.97 Å². The Kier molecular flexibility index (Phi) is 3.91. The molecule has 1 aromatic heterocycles. The lowest BCUT2D eigenvalue weighted by atomic mass is 10.1. The molecule has 3 nitrogen and oxygen atoms in total. The minimum absolute atomic E-state index is 0.233. The molecule has 0 radical (unpaired) electrons. The Bertz CT molecular complexity index is 626. The maximum Gasteiger partial charge on any atom is 0.146 e. The van der Waals surface area contributed by atoms with E-state index in [-0.39, 0.29) is 5.92 Å². The first-order chi connectivity index (χ1) is 9.13. The third-order valence-electron chi connectivity index (χ3n) is 3.06. The minimum Gasteiger partial charge on any atom is -0.237 e. The van der Waals surface area contributed by atoms with Gasteiger partial charge in [0.2, 0.25) is 0 Å². The zero-order chi connectivity index (χ0) is 13.8. The van der Waals surface area contributed by atoms with E-state index in [4.69, 9.17) is 5.26 Å². The molecule has 0 N–H and O–H groups in total. The lowest BCUT2D eigenvalue weighted by molar-refractivity contribution is 0.746. The summed E-state index contributed by atoms with van der Waals surface area (Å²) in [6, 6.07) is 12.4. The third-order valence-corrected chi connectivity index (χ3v) is 3.06. The van der Waals surface area contributed by atoms with Crippen LogP contribution in [0.25, 0.3) is 11.3 Å². The summed E-state index contributed by atoms with van der Waals surface area (Å²) >= 11 is 0. The Morgan fingerprint density at radius 3 is 2.63 bits per heavy atom. The number of hydrogen-bond acceptors (Lipinski definition) is 3. The molecule has 0 saturated carbocycles. The summed E-state index contributed by atoms with van der Waals surface area (Å²) < 4.78 is 0. The molecule has 1 atom stereocenters. The second kappa shape index (κ2) is 5.62. The van der Waals surface area contributed by atoms with Crippen LogP contribution in [0.5, 0.6) is 0 Å². The van der Waals surface area contributed by atoms with E-state index < -0.39 is 0 Å². The quantitative estimate of drug-likeness (QED) is 0.834. The number of aromatic nitrogens is 2. The number of hydrogen-bond donors (Lipinski definition) is 0. The molecule has 1 aromatic carbocycles. The maximum absolute atomic E-state index is 9.15. The van der Waals surface area contributed by atoms with Gasteiger partial charge in [0.15, 0.2) is 0 Å². The van der Waals surface area contributed by atoms with Crippen LogP contribution in [0.3, 0.4) is 0 Å². The minimum atomic E-state index is -0.233. The van der Waals surface area contributed by atoms with Crippen LogP contribution < -0.4 is 0 Å². The Hall–Kier alpha value is -2.21. The number of rotatable bonds is 3. The fourth-order valence-corrected chi connectivity index (χ4v) is 2.03. The highest BCUT2D eigenvalue weighted by Crippen LogP contribution is 2.22. The molecule has 0 fully saturated rings. The molecule has 0 saturated heterocycles. The van der Waals surface area contributed by atoms with Gasteiger partial charge in [0.25, 0.3) is 0 Å². The first-order valence-corrected chi connectivity index (χ1v) is 6.46. The van der Waals surface area contributed by atoms with Gasteiger partial charge < -0.3 is 0 Å². The molecule has 0 aliphatic carbocycles. The van der Waals surface area contributed by atoms with Crippen LogP contribution >= 0.6 is 0 Å². The van der Waals surface area contributed by atoms with Gasteiger partial charge in [0.05, 0.1) is 11.8 Å². The molecule has 0 bridgehead atoms. The number of aryl methyl sites for hydroxylation is 2. The van der Waals surface area contributed by atoms with Crippen molar-refractivity contribution in [2.24, 2.45) is 0 Å². The van der Waals surface area contributed by atoms with Gasteiger partial charge in [-0.15, -0.1) is 0 Å². The summed E-state index contributed by atoms with van der Waals surface area (Å²) in [5.41, 5.74) is 4.05. The number of nitriles is 1. The van der Waals surface area contributed by atoms with Gasteiger partial charge in [-0.2, -0.15) is 5.26 Å². The molecule has 0 amide bonds. The Morgan fingerprint density at radius 1 is 1.21 bits per heavy atom. The first-order valence-electron chi connectivity index (χ1n) is 6.46. The van der Waals surface area contributed by atoms with Gasteiger partial charge in [-0.05, 0) is 32.4 Å². The Morgan fingerprint density at radius 2 is 2.00 bits per heavy atom. The predicted octanol–water partition coefficient (Wildman–Crippen LogP) is 3.78. The van der Waals surface area contributed by atoms with Crippen molar-refractivity contribution in [1.29, 1.82) is 5.26 Å². The summed E-state index contributed by atoms with van der Waals surface area (Å²) in [5, 5.41) is 9.15. The first kappa shape index (κ1) is 13.2. The van der Waals surface area contributed by atoms with Crippen LogP contribution in [-0.2, 0) is 0 Å². The highest BCUT2D eigenvalue weighted by molar-refractivity contribution is 5.60. The third kappa shape index (κ3) is 2.97. The second-order valence-corrected chi connectivity index (χ2v) is 4.71. The topological polar surface area (TPSA) is 49.6 Å². The molecule has 0 aliphatic rings. The van der Waals surface area contributed by atoms with Crippen molar-refractivity contribution in [3.8, 4) is 17.3 Å². The van der Waals surface area contributed by atoms with Crippen molar-refractivity contribution in [2.75, 3.05) is 0 Å². The van der Waals surface area contributed by atoms with Crippen LogP contribution in [0.15, 0.2) is 30.3 Å². The Labute approximate surface area is 114 Å². The maximum atomic E-state index is 9.15. The molecule has 0 spiro atoms. The van der Waals surface area contributed by atoms with E-state index in [0.717, 1.165) is 23.4 Å². The summed E-state index contributed by atoms with van der Waals surface area (Å²) in [6.45, 7) is 5.98. The van der Waals surface area contributed by atoms with E-state index in [1.54, 1.807) is 0 Å². The SMILES string of the molecule is CCC(C#N)c1nc(C)cc(-c2cccc(C)c2)n1. The molecule has 1 unspecified atom stereocenters. The molecule has 2 aromatic rings. The van der Waals surface area contributed by atoms with Gasteiger partial charge in [-0.1, -0.05) is 30.7 Å². The molecule has 96 valence electrons. The molecule has 1 heterocycles. The van der Waals surface area contributed by atoms with E-state index >= 15 is 0 Å². The van der Waals surface area contributed by atoms with E-state index in [0.29, 0.717) is 5.82 Å². The molecular formula is C16H17N3. The standard InChI is InChI=1S/C16H17N3/c1-4-13(10-17)16-18-12(3)9-15(19-16)14-7-5-6-11(2)8-14/h5-9,13H,4H2,1-3H3. The van der Waals surface area contributed by atoms with Crippen LogP contribution in [0.1, 0.15) is 36.3 Å².